The monoisotopic (exact) mass is 331 g/mol. The highest BCUT2D eigenvalue weighted by Gasteiger charge is 2.33. The van der Waals surface area contributed by atoms with Crippen LogP contribution in [0.4, 0.5) is 0 Å². The Morgan fingerprint density at radius 1 is 0.870 bits per heavy atom. The summed E-state index contributed by atoms with van der Waals surface area (Å²) in [6.07, 6.45) is 1.61. The van der Waals surface area contributed by atoms with E-state index in [-0.39, 0.29) is 12.4 Å². The molecule has 1 saturated heterocycles. The Balaban J connectivity index is 0.00000192. The van der Waals surface area contributed by atoms with Crippen LogP contribution < -0.4 is 0 Å². The highest BCUT2D eigenvalue weighted by atomic mass is 35.5. The predicted octanol–water partition coefficient (Wildman–Crippen LogP) is 4.21. The number of hydrogen-bond donors (Lipinski definition) is 1. The molecule has 0 bridgehead atoms. The number of nitrogens with zero attached hydrogens (tertiary/aromatic N) is 1. The minimum Gasteiger partial charge on any atom is -0.385 e. The Kier molecular flexibility index (Phi) is 5.85. The number of halogens is 1. The third-order valence-corrected chi connectivity index (χ3v) is 4.80. The molecule has 2 aromatic rings. The molecule has 1 N–H and O–H groups in total. The van der Waals surface area contributed by atoms with Gasteiger partial charge in [0, 0.05) is 19.6 Å². The molecule has 124 valence electrons. The zero-order chi connectivity index (χ0) is 15.6. The Hall–Kier alpha value is -1.35. The van der Waals surface area contributed by atoms with Crippen LogP contribution in [0.1, 0.15) is 35.1 Å². The van der Waals surface area contributed by atoms with Gasteiger partial charge in [0.15, 0.2) is 0 Å². The van der Waals surface area contributed by atoms with Crippen molar-refractivity contribution in [2.75, 3.05) is 13.1 Å². The smallest absolute Gasteiger partial charge is 0.0920 e. The lowest BCUT2D eigenvalue weighted by atomic mass is 9.84. The van der Waals surface area contributed by atoms with E-state index in [0.29, 0.717) is 0 Å². The number of aryl methyl sites for hydroxylation is 2. The van der Waals surface area contributed by atoms with Gasteiger partial charge in [-0.2, -0.15) is 0 Å². The number of rotatable bonds is 3. The van der Waals surface area contributed by atoms with Crippen LogP contribution >= 0.6 is 12.4 Å². The summed E-state index contributed by atoms with van der Waals surface area (Å²) >= 11 is 0. The molecule has 2 aromatic carbocycles. The van der Waals surface area contributed by atoms with Gasteiger partial charge in [-0.15, -0.1) is 12.4 Å². The lowest BCUT2D eigenvalue weighted by Gasteiger charge is -2.38. The van der Waals surface area contributed by atoms with Gasteiger partial charge in [0.2, 0.25) is 0 Å². The highest BCUT2D eigenvalue weighted by Crippen LogP contribution is 2.33. The molecule has 1 heterocycles. The fourth-order valence-electron chi connectivity index (χ4n) is 3.19. The first-order valence-corrected chi connectivity index (χ1v) is 8.13. The second-order valence-electron chi connectivity index (χ2n) is 6.66. The zero-order valence-corrected chi connectivity index (χ0v) is 14.8. The third-order valence-electron chi connectivity index (χ3n) is 4.80. The van der Waals surface area contributed by atoms with Gasteiger partial charge in [0.1, 0.15) is 0 Å². The average molecular weight is 332 g/mol. The van der Waals surface area contributed by atoms with E-state index in [1.165, 1.54) is 16.7 Å². The minimum absolute atomic E-state index is 0. The van der Waals surface area contributed by atoms with Crippen molar-refractivity contribution in [1.82, 2.24) is 4.90 Å². The van der Waals surface area contributed by atoms with E-state index >= 15 is 0 Å². The van der Waals surface area contributed by atoms with Gasteiger partial charge < -0.3 is 5.11 Å². The maximum Gasteiger partial charge on any atom is 0.0920 e. The highest BCUT2D eigenvalue weighted by molar-refractivity contribution is 5.85. The van der Waals surface area contributed by atoms with Gasteiger partial charge >= 0.3 is 0 Å². The molecule has 0 spiro atoms. The summed E-state index contributed by atoms with van der Waals surface area (Å²) in [5, 5.41) is 10.9. The summed E-state index contributed by atoms with van der Waals surface area (Å²) in [7, 11) is 0. The zero-order valence-electron chi connectivity index (χ0n) is 14.0. The van der Waals surface area contributed by atoms with E-state index in [9.17, 15) is 5.11 Å². The predicted molar refractivity (Wildman–Crippen MR) is 98.0 cm³/mol. The molecule has 3 rings (SSSR count). The molecule has 0 aromatic heterocycles. The Morgan fingerprint density at radius 3 is 1.87 bits per heavy atom. The molecule has 0 radical (unpaired) electrons. The van der Waals surface area contributed by atoms with Gasteiger partial charge in [-0.3, -0.25) is 4.90 Å². The Labute approximate surface area is 145 Å². The summed E-state index contributed by atoms with van der Waals surface area (Å²) in [4.78, 5) is 2.44. The van der Waals surface area contributed by atoms with Crippen LogP contribution in [0.2, 0.25) is 0 Å². The van der Waals surface area contributed by atoms with Crippen molar-refractivity contribution in [3.8, 4) is 0 Å². The first-order valence-electron chi connectivity index (χ1n) is 8.13. The maximum absolute atomic E-state index is 10.9. The van der Waals surface area contributed by atoms with Crippen molar-refractivity contribution in [3.05, 3.63) is 70.8 Å². The molecule has 1 aliphatic heterocycles. The normalized spacial score (nSPS) is 17.5. The van der Waals surface area contributed by atoms with Crippen LogP contribution in [0.15, 0.2) is 48.5 Å². The fraction of sp³-hybridized carbons (Fsp3) is 0.400. The van der Waals surface area contributed by atoms with Gasteiger partial charge in [-0.25, -0.2) is 0 Å². The van der Waals surface area contributed by atoms with Gasteiger partial charge in [0.25, 0.3) is 0 Å². The molecule has 1 aliphatic rings. The summed E-state index contributed by atoms with van der Waals surface area (Å²) in [5.41, 5.74) is 4.30. The summed E-state index contributed by atoms with van der Waals surface area (Å²) in [6, 6.07) is 17.1. The largest absolute Gasteiger partial charge is 0.385 e. The van der Waals surface area contributed by atoms with E-state index in [2.05, 4.69) is 67.3 Å². The molecule has 0 atom stereocenters. The van der Waals surface area contributed by atoms with E-state index in [1.807, 2.05) is 0 Å². The van der Waals surface area contributed by atoms with Crippen LogP contribution in [-0.2, 0) is 12.1 Å². The third kappa shape index (κ3) is 4.35. The molecular formula is C20H26ClNO. The number of aliphatic hydroxyl groups is 1. The molecule has 0 amide bonds. The molecule has 2 nitrogen and oxygen atoms in total. The minimum atomic E-state index is -0.655. The van der Waals surface area contributed by atoms with E-state index < -0.39 is 5.60 Å². The van der Waals surface area contributed by atoms with Gasteiger partial charge in [-0.05, 0) is 37.8 Å². The fourth-order valence-corrected chi connectivity index (χ4v) is 3.19. The summed E-state index contributed by atoms with van der Waals surface area (Å²) in [5.74, 6) is 0. The molecule has 1 fully saturated rings. The van der Waals surface area contributed by atoms with Crippen molar-refractivity contribution in [2.24, 2.45) is 0 Å². The molecule has 3 heteroatoms. The number of hydrogen-bond acceptors (Lipinski definition) is 2. The SMILES string of the molecule is Cc1ccc(CN2CCC(O)(c3ccc(C)cc3)CC2)cc1.Cl. The van der Waals surface area contributed by atoms with Crippen LogP contribution in [-0.4, -0.2) is 23.1 Å². The van der Waals surface area contributed by atoms with Crippen molar-refractivity contribution < 1.29 is 5.11 Å². The van der Waals surface area contributed by atoms with E-state index in [0.717, 1.165) is 38.0 Å². The molecule has 23 heavy (non-hydrogen) atoms. The van der Waals surface area contributed by atoms with Crippen LogP contribution in [0.5, 0.6) is 0 Å². The van der Waals surface area contributed by atoms with E-state index in [1.54, 1.807) is 0 Å². The van der Waals surface area contributed by atoms with Crippen LogP contribution in [0.3, 0.4) is 0 Å². The first kappa shape index (κ1) is 18.0. The quantitative estimate of drug-likeness (QED) is 0.910. The molecule has 0 aliphatic carbocycles. The lowest BCUT2D eigenvalue weighted by Crippen LogP contribution is -2.42. The van der Waals surface area contributed by atoms with Gasteiger partial charge in [0.05, 0.1) is 5.60 Å². The lowest BCUT2D eigenvalue weighted by molar-refractivity contribution is -0.0277. The van der Waals surface area contributed by atoms with Crippen molar-refractivity contribution >= 4 is 12.4 Å². The summed E-state index contributed by atoms with van der Waals surface area (Å²) < 4.78 is 0. The second kappa shape index (κ2) is 7.48. The van der Waals surface area contributed by atoms with Crippen molar-refractivity contribution in [3.63, 3.8) is 0 Å². The van der Waals surface area contributed by atoms with Crippen LogP contribution in [0, 0.1) is 13.8 Å². The molecule has 0 saturated carbocycles. The average Bonchev–Trinajstić information content (AvgIpc) is 2.52. The number of benzene rings is 2. The summed E-state index contributed by atoms with van der Waals surface area (Å²) in [6.45, 7) is 7.06. The van der Waals surface area contributed by atoms with Gasteiger partial charge in [-0.1, -0.05) is 59.7 Å². The standard InChI is InChI=1S/C20H25NO.ClH/c1-16-3-7-18(8-4-16)15-21-13-11-20(22,12-14-21)19-9-5-17(2)6-10-19;/h3-10,22H,11-15H2,1-2H3;1H. The van der Waals surface area contributed by atoms with Crippen molar-refractivity contribution in [2.45, 2.75) is 38.8 Å². The van der Waals surface area contributed by atoms with E-state index in [4.69, 9.17) is 0 Å². The molecular weight excluding hydrogens is 306 g/mol. The van der Waals surface area contributed by atoms with Crippen LogP contribution in [0.25, 0.3) is 0 Å². The molecule has 0 unspecified atom stereocenters. The first-order chi connectivity index (χ1) is 10.5. The van der Waals surface area contributed by atoms with Crippen molar-refractivity contribution in [1.29, 1.82) is 0 Å². The topological polar surface area (TPSA) is 23.5 Å². The second-order valence-corrected chi connectivity index (χ2v) is 6.66. The number of piperidine rings is 1. The Morgan fingerprint density at radius 2 is 1.35 bits per heavy atom. The Bertz CT molecular complexity index is 613. The number of likely N-dealkylation sites (tertiary alicyclic amines) is 1. The maximum atomic E-state index is 10.9.